The molecular formula is C28H36O7. The molecule has 1 N–H and O–H groups in total. The highest BCUT2D eigenvalue weighted by atomic mass is 16.7. The van der Waals surface area contributed by atoms with E-state index in [4.69, 9.17) is 18.6 Å². The van der Waals surface area contributed by atoms with Gasteiger partial charge in [0, 0.05) is 23.3 Å². The summed E-state index contributed by atoms with van der Waals surface area (Å²) in [6.45, 7) is 12.3. The van der Waals surface area contributed by atoms with Crippen LogP contribution in [0, 0.1) is 33.5 Å². The molecule has 5 aliphatic rings. The Morgan fingerprint density at radius 1 is 1.14 bits per heavy atom. The number of carbonyl (C=O) groups is 2. The molecule has 10 atom stereocenters. The Bertz CT molecular complexity index is 1110. The second-order valence-corrected chi connectivity index (χ2v) is 12.8. The van der Waals surface area contributed by atoms with E-state index in [1.165, 1.54) is 6.92 Å². The summed E-state index contributed by atoms with van der Waals surface area (Å²) in [5, 5.41) is 10.9. The molecule has 6 rings (SSSR count). The number of ether oxygens (including phenoxy) is 3. The Morgan fingerprint density at radius 3 is 2.54 bits per heavy atom. The van der Waals surface area contributed by atoms with E-state index in [0.717, 1.165) is 18.4 Å². The summed E-state index contributed by atoms with van der Waals surface area (Å²) >= 11 is 0. The van der Waals surface area contributed by atoms with E-state index >= 15 is 0 Å². The van der Waals surface area contributed by atoms with Crippen LogP contribution in [0.5, 0.6) is 0 Å². The second kappa shape index (κ2) is 6.80. The number of allylic oxidation sites excluding steroid dienone is 1. The van der Waals surface area contributed by atoms with E-state index in [0.29, 0.717) is 6.42 Å². The van der Waals surface area contributed by atoms with E-state index < -0.39 is 46.3 Å². The summed E-state index contributed by atoms with van der Waals surface area (Å²) in [5.74, 6) is -0.529. The fourth-order valence-electron chi connectivity index (χ4n) is 9.34. The predicted molar refractivity (Wildman–Crippen MR) is 125 cm³/mol. The zero-order valence-corrected chi connectivity index (χ0v) is 21.4. The monoisotopic (exact) mass is 484 g/mol. The fraction of sp³-hybridized carbons (Fsp3) is 0.714. The summed E-state index contributed by atoms with van der Waals surface area (Å²) in [4.78, 5) is 25.7. The summed E-state index contributed by atoms with van der Waals surface area (Å²) in [6.07, 6.45) is 7.38. The number of cyclic esters (lactones) is 1. The van der Waals surface area contributed by atoms with E-state index in [1.54, 1.807) is 12.5 Å². The maximum atomic E-state index is 13.3. The number of esters is 2. The average Bonchev–Trinajstić information content (AvgIpc) is 3.35. The van der Waals surface area contributed by atoms with Crippen molar-refractivity contribution in [3.05, 3.63) is 36.3 Å². The van der Waals surface area contributed by atoms with Crippen LogP contribution >= 0.6 is 0 Å². The van der Waals surface area contributed by atoms with Crippen molar-refractivity contribution >= 4 is 11.9 Å². The minimum absolute atomic E-state index is 0.0788. The van der Waals surface area contributed by atoms with Gasteiger partial charge in [0.25, 0.3) is 0 Å². The largest absolute Gasteiger partial charge is 0.472 e. The Kier molecular flexibility index (Phi) is 4.52. The van der Waals surface area contributed by atoms with Crippen molar-refractivity contribution in [2.24, 2.45) is 33.5 Å². The number of epoxide rings is 1. The minimum Gasteiger partial charge on any atom is -0.472 e. The molecule has 2 aliphatic heterocycles. The van der Waals surface area contributed by atoms with Gasteiger partial charge in [0.2, 0.25) is 0 Å². The van der Waals surface area contributed by atoms with Crippen LogP contribution in [0.3, 0.4) is 0 Å². The van der Waals surface area contributed by atoms with E-state index in [9.17, 15) is 14.7 Å². The number of fused-ring (bicyclic) bond motifs is 3. The summed E-state index contributed by atoms with van der Waals surface area (Å²) in [7, 11) is 0. The first-order valence-electron chi connectivity index (χ1n) is 12.8. The lowest BCUT2D eigenvalue weighted by Gasteiger charge is -2.69. The highest BCUT2D eigenvalue weighted by Crippen LogP contribution is 2.79. The molecule has 7 nitrogen and oxygen atoms in total. The van der Waals surface area contributed by atoms with Crippen LogP contribution in [-0.4, -0.2) is 41.0 Å². The molecule has 190 valence electrons. The van der Waals surface area contributed by atoms with Gasteiger partial charge in [0.05, 0.1) is 18.6 Å². The minimum atomic E-state index is -0.831. The molecule has 35 heavy (non-hydrogen) atoms. The molecule has 2 saturated heterocycles. The van der Waals surface area contributed by atoms with Crippen LogP contribution in [0.15, 0.2) is 35.2 Å². The van der Waals surface area contributed by atoms with Crippen molar-refractivity contribution in [1.82, 2.24) is 0 Å². The molecule has 0 amide bonds. The van der Waals surface area contributed by atoms with Gasteiger partial charge in [0.15, 0.2) is 6.10 Å². The third-order valence-corrected chi connectivity index (χ3v) is 11.0. The van der Waals surface area contributed by atoms with Crippen molar-refractivity contribution in [2.45, 2.75) is 90.8 Å². The van der Waals surface area contributed by atoms with E-state index in [2.05, 4.69) is 40.7 Å². The van der Waals surface area contributed by atoms with Crippen LogP contribution in [0.1, 0.15) is 72.5 Å². The molecular weight excluding hydrogens is 448 g/mol. The topological polar surface area (TPSA) is 98.5 Å². The Morgan fingerprint density at radius 2 is 1.89 bits per heavy atom. The standard InChI is InChI=1S/C28H36O7/c1-15(29)33-20-13-18-24(2,3)19(30)8-10-25(18,4)17-7-11-26(5)21(16-9-12-32-14-16)34-23(31)22-28(26,35-22)27(17,20)6/h8-10,12,14,17-22,30H,7,11,13H2,1-6H3/t17?,18?,19-,20-,21+,22?,25-,26+,27+,28?/m1/s1. The average molecular weight is 485 g/mol. The van der Waals surface area contributed by atoms with Gasteiger partial charge in [-0.25, -0.2) is 4.79 Å². The van der Waals surface area contributed by atoms with Crippen molar-refractivity contribution in [3.8, 4) is 0 Å². The van der Waals surface area contributed by atoms with Crippen LogP contribution in [0.25, 0.3) is 0 Å². The van der Waals surface area contributed by atoms with E-state index in [1.807, 2.05) is 12.1 Å². The molecule has 1 spiro atoms. The Balaban J connectivity index is 1.55. The first kappa shape index (κ1) is 23.3. The molecule has 1 aromatic heterocycles. The predicted octanol–water partition coefficient (Wildman–Crippen LogP) is 4.35. The van der Waals surface area contributed by atoms with Gasteiger partial charge >= 0.3 is 11.9 Å². The van der Waals surface area contributed by atoms with Gasteiger partial charge in [-0.3, -0.25) is 4.79 Å². The molecule has 2 saturated carbocycles. The molecule has 3 aliphatic carbocycles. The van der Waals surface area contributed by atoms with Crippen LogP contribution in [0.4, 0.5) is 0 Å². The van der Waals surface area contributed by atoms with Crippen molar-refractivity contribution in [3.63, 3.8) is 0 Å². The molecule has 0 aromatic carbocycles. The normalized spacial score (nSPS) is 51.2. The van der Waals surface area contributed by atoms with Crippen LogP contribution in [-0.2, 0) is 23.8 Å². The van der Waals surface area contributed by atoms with Gasteiger partial charge in [-0.15, -0.1) is 0 Å². The first-order valence-corrected chi connectivity index (χ1v) is 12.8. The maximum absolute atomic E-state index is 13.3. The lowest BCUT2D eigenvalue weighted by Crippen LogP contribution is -2.72. The summed E-state index contributed by atoms with van der Waals surface area (Å²) < 4.78 is 24.0. The fourth-order valence-corrected chi connectivity index (χ4v) is 9.34. The Hall–Kier alpha value is -2.12. The first-order chi connectivity index (χ1) is 16.3. The Labute approximate surface area is 206 Å². The van der Waals surface area contributed by atoms with Crippen molar-refractivity contribution < 1.29 is 33.3 Å². The highest BCUT2D eigenvalue weighted by Gasteiger charge is 2.88. The zero-order chi connectivity index (χ0) is 25.2. The van der Waals surface area contributed by atoms with Gasteiger partial charge in [-0.2, -0.15) is 0 Å². The van der Waals surface area contributed by atoms with Crippen LogP contribution in [0.2, 0.25) is 0 Å². The highest BCUT2D eigenvalue weighted by molar-refractivity contribution is 5.82. The number of hydrogen-bond acceptors (Lipinski definition) is 7. The molecule has 3 heterocycles. The van der Waals surface area contributed by atoms with Crippen molar-refractivity contribution in [2.75, 3.05) is 0 Å². The molecule has 4 unspecified atom stereocenters. The smallest absolute Gasteiger partial charge is 0.339 e. The number of carbonyl (C=O) groups excluding carboxylic acids is 2. The molecule has 0 bridgehead atoms. The summed E-state index contributed by atoms with van der Waals surface area (Å²) in [6, 6.07) is 1.85. The van der Waals surface area contributed by atoms with Crippen molar-refractivity contribution in [1.29, 1.82) is 0 Å². The van der Waals surface area contributed by atoms with Gasteiger partial charge in [-0.05, 0) is 48.0 Å². The lowest BCUT2D eigenvalue weighted by molar-refractivity contribution is -0.257. The SMILES string of the molecule is CC(=O)O[C@@H]1CC2C(C)(C)[C@H](O)C=C[C@]2(C)C2CC[C@@]3(C)[C@H](c4ccoc4)OC(=O)C4OC43[C@@]21C. The number of aliphatic hydroxyl groups excluding tert-OH is 1. The number of hydrogen-bond donors (Lipinski definition) is 1. The van der Waals surface area contributed by atoms with Gasteiger partial charge in [0.1, 0.15) is 17.8 Å². The number of rotatable bonds is 2. The number of furan rings is 1. The summed E-state index contributed by atoms with van der Waals surface area (Å²) in [5.41, 5.74) is -1.81. The lowest BCUT2D eigenvalue weighted by atomic mass is 9.35. The van der Waals surface area contributed by atoms with Gasteiger partial charge in [-0.1, -0.05) is 46.8 Å². The molecule has 4 fully saturated rings. The van der Waals surface area contributed by atoms with E-state index in [-0.39, 0.29) is 29.2 Å². The second-order valence-electron chi connectivity index (χ2n) is 12.8. The molecule has 1 aromatic rings. The maximum Gasteiger partial charge on any atom is 0.339 e. The third-order valence-electron chi connectivity index (χ3n) is 11.0. The molecule has 7 heteroatoms. The zero-order valence-electron chi connectivity index (χ0n) is 21.4. The quantitative estimate of drug-likeness (QED) is 0.378. The third kappa shape index (κ3) is 2.54. The van der Waals surface area contributed by atoms with Gasteiger partial charge < -0.3 is 23.7 Å². The molecule has 0 radical (unpaired) electrons. The number of aliphatic hydroxyl groups is 1. The van der Waals surface area contributed by atoms with Crippen LogP contribution < -0.4 is 0 Å².